The number of fused-ring (bicyclic) bond motifs is 1. The topological polar surface area (TPSA) is 67.4 Å². The maximum Gasteiger partial charge on any atom is 0.341 e. The first-order valence-electron chi connectivity index (χ1n) is 7.91. The molecule has 6 heteroatoms. The second kappa shape index (κ2) is 5.88. The van der Waals surface area contributed by atoms with Crippen molar-refractivity contribution in [3.05, 3.63) is 65.5 Å². The van der Waals surface area contributed by atoms with Gasteiger partial charge >= 0.3 is 5.97 Å². The van der Waals surface area contributed by atoms with Gasteiger partial charge in [-0.05, 0) is 39.0 Å². The lowest BCUT2D eigenvalue weighted by atomic mass is 9.97. The van der Waals surface area contributed by atoms with Crippen molar-refractivity contribution in [2.45, 2.75) is 32.0 Å². The van der Waals surface area contributed by atoms with E-state index in [-0.39, 0.29) is 11.3 Å². The highest BCUT2D eigenvalue weighted by molar-refractivity contribution is 6.03. The van der Waals surface area contributed by atoms with E-state index in [1.165, 1.54) is 18.2 Å². The zero-order chi connectivity index (χ0) is 18.2. The Morgan fingerprint density at radius 3 is 2.40 bits per heavy atom. The fraction of sp³-hybridized carbons (Fsp3) is 0.263. The van der Waals surface area contributed by atoms with E-state index >= 15 is 0 Å². The summed E-state index contributed by atoms with van der Waals surface area (Å²) in [5.41, 5.74) is -1.70. The van der Waals surface area contributed by atoms with Crippen LogP contribution >= 0.6 is 0 Å². The summed E-state index contributed by atoms with van der Waals surface area (Å²) in [4.78, 5) is 25.3. The predicted octanol–water partition coefficient (Wildman–Crippen LogP) is 3.18. The number of benzene rings is 2. The van der Waals surface area contributed by atoms with Crippen LogP contribution in [0.15, 0.2) is 48.5 Å². The van der Waals surface area contributed by atoms with Crippen molar-refractivity contribution in [2.75, 3.05) is 5.32 Å². The zero-order valence-electron chi connectivity index (χ0n) is 14.2. The Labute approximate surface area is 145 Å². The van der Waals surface area contributed by atoms with Gasteiger partial charge in [-0.25, -0.2) is 9.18 Å². The summed E-state index contributed by atoms with van der Waals surface area (Å²) >= 11 is 0. The highest BCUT2D eigenvalue weighted by atomic mass is 19.1. The largest absolute Gasteiger partial charge is 0.421 e. The Kier molecular flexibility index (Phi) is 3.99. The summed E-state index contributed by atoms with van der Waals surface area (Å²) in [7, 11) is 0. The van der Waals surface area contributed by atoms with Crippen LogP contribution in [0.2, 0.25) is 0 Å². The van der Waals surface area contributed by atoms with E-state index in [0.29, 0.717) is 5.56 Å². The van der Waals surface area contributed by atoms with E-state index in [1.54, 1.807) is 30.3 Å². The summed E-state index contributed by atoms with van der Waals surface area (Å²) in [6.45, 7) is 5.43. The van der Waals surface area contributed by atoms with E-state index in [2.05, 4.69) is 10.6 Å². The lowest BCUT2D eigenvalue weighted by Crippen LogP contribution is -2.55. The quantitative estimate of drug-likeness (QED) is 0.841. The number of hydrogen-bond acceptors (Lipinski definition) is 4. The number of para-hydroxylation sites is 1. The van der Waals surface area contributed by atoms with Crippen LogP contribution in [0.4, 0.5) is 10.1 Å². The van der Waals surface area contributed by atoms with Gasteiger partial charge in [-0.15, -0.1) is 0 Å². The molecule has 2 N–H and O–H groups in total. The monoisotopic (exact) mass is 342 g/mol. The Bertz CT molecular complexity index is 845. The molecule has 0 spiro atoms. The van der Waals surface area contributed by atoms with Crippen molar-refractivity contribution in [3.8, 4) is 0 Å². The number of rotatable bonds is 3. The average Bonchev–Trinajstić information content (AvgIpc) is 2.82. The number of nitrogens with one attached hydrogen (secondary N) is 2. The SMILES string of the molecule is CC(C)(C)NC(=O)C1(Nc2ccccc2F)OC(=O)c2ccccc21. The van der Waals surface area contributed by atoms with Crippen molar-refractivity contribution in [2.24, 2.45) is 0 Å². The summed E-state index contributed by atoms with van der Waals surface area (Å²) in [6.07, 6.45) is 0. The third-order valence-electron chi connectivity index (χ3n) is 3.76. The summed E-state index contributed by atoms with van der Waals surface area (Å²) in [5, 5.41) is 5.60. The van der Waals surface area contributed by atoms with Crippen LogP contribution in [-0.4, -0.2) is 17.4 Å². The van der Waals surface area contributed by atoms with E-state index in [4.69, 9.17) is 4.74 Å². The standard InChI is InChI=1S/C19H19FN2O3/c1-18(2,3)22-17(24)19(21-15-11-7-6-10-14(15)20)13-9-5-4-8-12(13)16(23)25-19/h4-11,21H,1-3H3,(H,22,24). The molecule has 0 saturated carbocycles. The third-order valence-corrected chi connectivity index (χ3v) is 3.76. The number of carbonyl (C=O) groups excluding carboxylic acids is 2. The van der Waals surface area contributed by atoms with Crippen molar-refractivity contribution < 1.29 is 18.7 Å². The average molecular weight is 342 g/mol. The van der Waals surface area contributed by atoms with Crippen LogP contribution in [0.5, 0.6) is 0 Å². The lowest BCUT2D eigenvalue weighted by molar-refractivity contribution is -0.139. The molecule has 2 aromatic carbocycles. The summed E-state index contributed by atoms with van der Waals surface area (Å²) in [5.74, 6) is -1.75. The molecule has 0 bridgehead atoms. The highest BCUT2D eigenvalue weighted by Gasteiger charge is 2.53. The Morgan fingerprint density at radius 2 is 1.72 bits per heavy atom. The van der Waals surface area contributed by atoms with E-state index < -0.39 is 29.0 Å². The first-order valence-corrected chi connectivity index (χ1v) is 7.91. The molecule has 0 aliphatic carbocycles. The molecule has 2 aromatic rings. The van der Waals surface area contributed by atoms with Crippen molar-refractivity contribution in [3.63, 3.8) is 0 Å². The molecule has 3 rings (SSSR count). The minimum Gasteiger partial charge on any atom is -0.421 e. The van der Waals surface area contributed by atoms with Gasteiger partial charge < -0.3 is 15.4 Å². The van der Waals surface area contributed by atoms with Crippen LogP contribution in [0.25, 0.3) is 0 Å². The molecule has 0 fully saturated rings. The number of carbonyl (C=O) groups is 2. The van der Waals surface area contributed by atoms with Gasteiger partial charge in [-0.1, -0.05) is 30.3 Å². The fourth-order valence-corrected chi connectivity index (χ4v) is 2.72. The third kappa shape index (κ3) is 3.07. The number of amides is 1. The molecule has 1 amide bonds. The summed E-state index contributed by atoms with van der Waals surface area (Å²) < 4.78 is 19.6. The highest BCUT2D eigenvalue weighted by Crippen LogP contribution is 2.38. The molecule has 1 atom stereocenters. The smallest absolute Gasteiger partial charge is 0.341 e. The van der Waals surface area contributed by atoms with E-state index in [1.807, 2.05) is 20.8 Å². The van der Waals surface area contributed by atoms with Gasteiger partial charge in [0.05, 0.1) is 11.3 Å². The number of cyclic esters (lactones) is 1. The Hall–Kier alpha value is -2.89. The molecular formula is C19H19FN2O3. The van der Waals surface area contributed by atoms with Gasteiger partial charge in [0.2, 0.25) is 0 Å². The molecule has 1 aliphatic heterocycles. The molecule has 25 heavy (non-hydrogen) atoms. The van der Waals surface area contributed by atoms with E-state index in [9.17, 15) is 14.0 Å². The van der Waals surface area contributed by atoms with Gasteiger partial charge in [0.15, 0.2) is 0 Å². The Morgan fingerprint density at radius 1 is 1.08 bits per heavy atom. The molecule has 1 heterocycles. The maximum atomic E-state index is 14.2. The normalized spacial score (nSPS) is 19.1. The van der Waals surface area contributed by atoms with Gasteiger partial charge in [-0.3, -0.25) is 4.79 Å². The second-order valence-electron chi connectivity index (χ2n) is 6.93. The lowest BCUT2D eigenvalue weighted by Gasteiger charge is -2.33. The van der Waals surface area contributed by atoms with E-state index in [0.717, 1.165) is 0 Å². The first-order chi connectivity index (χ1) is 11.7. The van der Waals surface area contributed by atoms with Crippen molar-refractivity contribution >= 4 is 17.6 Å². The molecule has 0 radical (unpaired) electrons. The maximum absolute atomic E-state index is 14.2. The number of anilines is 1. The fourth-order valence-electron chi connectivity index (χ4n) is 2.72. The number of ether oxygens (including phenoxy) is 1. The predicted molar refractivity (Wildman–Crippen MR) is 91.5 cm³/mol. The molecule has 130 valence electrons. The number of halogens is 1. The minimum atomic E-state index is -1.83. The van der Waals surface area contributed by atoms with Gasteiger partial charge in [0, 0.05) is 11.1 Å². The van der Waals surface area contributed by atoms with Gasteiger partial charge in [-0.2, -0.15) is 0 Å². The van der Waals surface area contributed by atoms with Crippen LogP contribution in [0.1, 0.15) is 36.7 Å². The second-order valence-corrected chi connectivity index (χ2v) is 6.93. The minimum absolute atomic E-state index is 0.0658. The van der Waals surface area contributed by atoms with Crippen LogP contribution in [0, 0.1) is 5.82 Å². The number of esters is 1. The molecule has 0 aromatic heterocycles. The van der Waals surface area contributed by atoms with Crippen LogP contribution in [-0.2, 0) is 15.3 Å². The summed E-state index contributed by atoms with van der Waals surface area (Å²) in [6, 6.07) is 12.5. The van der Waals surface area contributed by atoms with Crippen molar-refractivity contribution in [1.82, 2.24) is 5.32 Å². The first kappa shape index (κ1) is 17.0. The van der Waals surface area contributed by atoms with Crippen LogP contribution in [0.3, 0.4) is 0 Å². The molecular weight excluding hydrogens is 323 g/mol. The number of hydrogen-bond donors (Lipinski definition) is 2. The molecule has 1 aliphatic rings. The molecule has 5 nitrogen and oxygen atoms in total. The molecule has 1 unspecified atom stereocenters. The van der Waals surface area contributed by atoms with Gasteiger partial charge in [0.25, 0.3) is 11.6 Å². The zero-order valence-corrected chi connectivity index (χ0v) is 14.2. The van der Waals surface area contributed by atoms with Crippen LogP contribution < -0.4 is 10.6 Å². The molecule has 0 saturated heterocycles. The Balaban J connectivity index is 2.12. The van der Waals surface area contributed by atoms with Gasteiger partial charge in [0.1, 0.15) is 5.82 Å². The van der Waals surface area contributed by atoms with Crippen molar-refractivity contribution in [1.29, 1.82) is 0 Å².